The summed E-state index contributed by atoms with van der Waals surface area (Å²) in [5.41, 5.74) is 0. The normalized spacial score (nSPS) is 13.8. The summed E-state index contributed by atoms with van der Waals surface area (Å²) in [6.45, 7) is 6.12. The van der Waals surface area contributed by atoms with E-state index in [4.69, 9.17) is 0 Å². The van der Waals surface area contributed by atoms with Crippen LogP contribution in [-0.4, -0.2) is 13.0 Å². The molecule has 0 fully saturated rings. The molecule has 0 radical (unpaired) electrons. The lowest BCUT2D eigenvalue weighted by Crippen LogP contribution is -2.30. The largest absolute Gasteiger partial charge is 0.359 e. The molecule has 0 aromatic heterocycles. The first-order chi connectivity index (χ1) is 5.63. The Morgan fingerprint density at radius 2 is 2.08 bits per heavy atom. The van der Waals surface area contributed by atoms with Crippen molar-refractivity contribution in [1.82, 2.24) is 5.32 Å². The second-order valence-electron chi connectivity index (χ2n) is 3.27. The summed E-state index contributed by atoms with van der Waals surface area (Å²) < 4.78 is 0. The molecule has 0 aromatic rings. The van der Waals surface area contributed by atoms with Gasteiger partial charge in [-0.05, 0) is 19.3 Å². The fourth-order valence-electron chi connectivity index (χ4n) is 1.15. The van der Waals surface area contributed by atoms with E-state index in [1.54, 1.807) is 7.05 Å². The van der Waals surface area contributed by atoms with Gasteiger partial charge in [0.25, 0.3) is 0 Å². The maximum Gasteiger partial charge on any atom is 0.223 e. The van der Waals surface area contributed by atoms with Gasteiger partial charge in [-0.2, -0.15) is 0 Å². The van der Waals surface area contributed by atoms with Crippen molar-refractivity contribution in [2.45, 2.75) is 27.2 Å². The standard InChI is InChI=1S/C10H19NO/c1-5-6-7-9(8(2)3)10(12)11-4/h5-6,8-9H,7H2,1-4H3,(H,11,12)/b6-5+. The molecule has 1 amide bonds. The molecule has 0 aliphatic heterocycles. The Morgan fingerprint density at radius 1 is 1.50 bits per heavy atom. The van der Waals surface area contributed by atoms with Crippen LogP contribution in [0.15, 0.2) is 12.2 Å². The van der Waals surface area contributed by atoms with Gasteiger partial charge in [-0.1, -0.05) is 26.0 Å². The van der Waals surface area contributed by atoms with Gasteiger partial charge >= 0.3 is 0 Å². The summed E-state index contributed by atoms with van der Waals surface area (Å²) in [7, 11) is 1.69. The first-order valence-electron chi connectivity index (χ1n) is 4.46. The fraction of sp³-hybridized carbons (Fsp3) is 0.700. The molecule has 2 nitrogen and oxygen atoms in total. The van der Waals surface area contributed by atoms with Gasteiger partial charge in [-0.25, -0.2) is 0 Å². The third kappa shape index (κ3) is 3.56. The number of carbonyl (C=O) groups is 1. The van der Waals surface area contributed by atoms with Crippen molar-refractivity contribution in [1.29, 1.82) is 0 Å². The number of hydrogen-bond donors (Lipinski definition) is 1. The van der Waals surface area contributed by atoms with Crippen molar-refractivity contribution < 1.29 is 4.79 Å². The Bertz CT molecular complexity index is 161. The molecule has 0 aromatic carbocycles. The molecule has 0 aliphatic rings. The van der Waals surface area contributed by atoms with Crippen LogP contribution < -0.4 is 5.32 Å². The molecule has 0 saturated heterocycles. The average Bonchev–Trinajstić information content (AvgIpc) is 2.04. The highest BCUT2D eigenvalue weighted by Crippen LogP contribution is 2.15. The molecule has 1 atom stereocenters. The number of amides is 1. The molecule has 0 rings (SSSR count). The van der Waals surface area contributed by atoms with Crippen LogP contribution in [0.25, 0.3) is 0 Å². The molecule has 0 heterocycles. The van der Waals surface area contributed by atoms with E-state index >= 15 is 0 Å². The lowest BCUT2D eigenvalue weighted by molar-refractivity contribution is -0.125. The summed E-state index contributed by atoms with van der Waals surface area (Å²) in [5.74, 6) is 0.662. The van der Waals surface area contributed by atoms with Crippen molar-refractivity contribution in [3.8, 4) is 0 Å². The molecule has 0 aliphatic carbocycles. The highest BCUT2D eigenvalue weighted by atomic mass is 16.1. The summed E-state index contributed by atoms with van der Waals surface area (Å²) in [6, 6.07) is 0. The van der Waals surface area contributed by atoms with E-state index in [0.717, 1.165) is 6.42 Å². The maximum atomic E-state index is 11.3. The first kappa shape index (κ1) is 11.2. The van der Waals surface area contributed by atoms with Crippen LogP contribution in [0.1, 0.15) is 27.2 Å². The SMILES string of the molecule is C/C=C/CC(C(=O)NC)C(C)C. The van der Waals surface area contributed by atoms with Crippen molar-refractivity contribution in [2.24, 2.45) is 11.8 Å². The van der Waals surface area contributed by atoms with Crippen LogP contribution >= 0.6 is 0 Å². The van der Waals surface area contributed by atoms with E-state index in [1.165, 1.54) is 0 Å². The van der Waals surface area contributed by atoms with Crippen molar-refractivity contribution >= 4 is 5.91 Å². The van der Waals surface area contributed by atoms with Gasteiger partial charge in [0.1, 0.15) is 0 Å². The van der Waals surface area contributed by atoms with Gasteiger partial charge in [0.15, 0.2) is 0 Å². The van der Waals surface area contributed by atoms with Crippen LogP contribution in [0.2, 0.25) is 0 Å². The highest BCUT2D eigenvalue weighted by molar-refractivity contribution is 5.78. The molecule has 0 saturated carbocycles. The molecule has 70 valence electrons. The monoisotopic (exact) mass is 169 g/mol. The van der Waals surface area contributed by atoms with Crippen LogP contribution in [0, 0.1) is 11.8 Å². The van der Waals surface area contributed by atoms with Gasteiger partial charge in [0.05, 0.1) is 0 Å². The third-order valence-corrected chi connectivity index (χ3v) is 2.01. The Hall–Kier alpha value is -0.790. The zero-order chi connectivity index (χ0) is 9.56. The van der Waals surface area contributed by atoms with Crippen molar-refractivity contribution in [2.75, 3.05) is 7.05 Å². The second kappa shape index (κ2) is 5.81. The number of carbonyl (C=O) groups excluding carboxylic acids is 1. The minimum atomic E-state index is 0.117. The molecule has 1 unspecified atom stereocenters. The minimum Gasteiger partial charge on any atom is -0.359 e. The van der Waals surface area contributed by atoms with Crippen LogP contribution in [0.5, 0.6) is 0 Å². The van der Waals surface area contributed by atoms with E-state index < -0.39 is 0 Å². The van der Waals surface area contributed by atoms with Crippen LogP contribution in [0.4, 0.5) is 0 Å². The molecular weight excluding hydrogens is 150 g/mol. The van der Waals surface area contributed by atoms with E-state index in [2.05, 4.69) is 19.2 Å². The zero-order valence-corrected chi connectivity index (χ0v) is 8.42. The predicted octanol–water partition coefficient (Wildman–Crippen LogP) is 1.97. The summed E-state index contributed by atoms with van der Waals surface area (Å²) in [4.78, 5) is 11.3. The van der Waals surface area contributed by atoms with Gasteiger partial charge in [0.2, 0.25) is 5.91 Å². The molecule has 1 N–H and O–H groups in total. The first-order valence-corrected chi connectivity index (χ1v) is 4.46. The maximum absolute atomic E-state index is 11.3. The summed E-state index contributed by atoms with van der Waals surface area (Å²) >= 11 is 0. The number of allylic oxidation sites excluding steroid dienone is 2. The predicted molar refractivity (Wildman–Crippen MR) is 51.8 cm³/mol. The third-order valence-electron chi connectivity index (χ3n) is 2.01. The quantitative estimate of drug-likeness (QED) is 0.640. The van der Waals surface area contributed by atoms with Gasteiger partial charge in [-0.15, -0.1) is 0 Å². The minimum absolute atomic E-state index is 0.117. The Morgan fingerprint density at radius 3 is 2.42 bits per heavy atom. The van der Waals surface area contributed by atoms with Gasteiger partial charge in [0, 0.05) is 13.0 Å². The van der Waals surface area contributed by atoms with Crippen LogP contribution in [0.3, 0.4) is 0 Å². The number of nitrogens with one attached hydrogen (secondary N) is 1. The highest BCUT2D eigenvalue weighted by Gasteiger charge is 2.18. The average molecular weight is 169 g/mol. The Labute approximate surface area is 75.0 Å². The summed E-state index contributed by atoms with van der Waals surface area (Å²) in [6.07, 6.45) is 4.87. The molecule has 0 bridgehead atoms. The van der Waals surface area contributed by atoms with E-state index in [-0.39, 0.29) is 11.8 Å². The Kier molecular flexibility index (Phi) is 5.43. The topological polar surface area (TPSA) is 29.1 Å². The lowest BCUT2D eigenvalue weighted by Gasteiger charge is -2.16. The Balaban J connectivity index is 4.13. The molecule has 0 spiro atoms. The number of hydrogen-bond acceptors (Lipinski definition) is 1. The lowest BCUT2D eigenvalue weighted by atomic mass is 9.91. The number of rotatable bonds is 4. The van der Waals surface area contributed by atoms with Crippen molar-refractivity contribution in [3.05, 3.63) is 12.2 Å². The smallest absolute Gasteiger partial charge is 0.223 e. The van der Waals surface area contributed by atoms with Gasteiger partial charge < -0.3 is 5.32 Å². The molecular formula is C10H19NO. The van der Waals surface area contributed by atoms with Crippen LogP contribution in [-0.2, 0) is 4.79 Å². The van der Waals surface area contributed by atoms with Crippen molar-refractivity contribution in [3.63, 3.8) is 0 Å². The second-order valence-corrected chi connectivity index (χ2v) is 3.27. The van der Waals surface area contributed by atoms with E-state index in [9.17, 15) is 4.79 Å². The molecule has 12 heavy (non-hydrogen) atoms. The summed E-state index contributed by atoms with van der Waals surface area (Å²) in [5, 5.41) is 2.68. The van der Waals surface area contributed by atoms with E-state index in [0.29, 0.717) is 5.92 Å². The molecule has 2 heteroatoms. The van der Waals surface area contributed by atoms with E-state index in [1.807, 2.05) is 19.1 Å². The zero-order valence-electron chi connectivity index (χ0n) is 8.42. The fourth-order valence-corrected chi connectivity index (χ4v) is 1.15. The van der Waals surface area contributed by atoms with Gasteiger partial charge in [-0.3, -0.25) is 4.79 Å².